The van der Waals surface area contributed by atoms with Gasteiger partial charge < -0.3 is 15.0 Å². The number of carbonyl (C=O) groups excluding carboxylic acids is 2. The summed E-state index contributed by atoms with van der Waals surface area (Å²) in [7, 11) is -2.79. The van der Waals surface area contributed by atoms with E-state index in [4.69, 9.17) is 4.74 Å². The van der Waals surface area contributed by atoms with Gasteiger partial charge >= 0.3 is 0 Å². The van der Waals surface area contributed by atoms with Crippen LogP contribution in [0.1, 0.15) is 37.8 Å². The van der Waals surface area contributed by atoms with Crippen LogP contribution in [0.2, 0.25) is 0 Å². The first kappa shape index (κ1) is 30.6. The number of nitrogens with zero attached hydrogens (tertiary/aromatic N) is 2. The highest BCUT2D eigenvalue weighted by atomic mass is 32.2. The first-order valence-corrected chi connectivity index (χ1v) is 14.6. The first-order chi connectivity index (χ1) is 19.1. The molecule has 214 valence electrons. The normalized spacial score (nSPS) is 11.9. The molecule has 3 aromatic rings. The molecule has 0 spiro atoms. The van der Waals surface area contributed by atoms with E-state index < -0.39 is 34.3 Å². The van der Waals surface area contributed by atoms with Gasteiger partial charge in [0.25, 0.3) is 10.0 Å². The number of amides is 2. The van der Waals surface area contributed by atoms with Gasteiger partial charge in [-0.25, -0.2) is 12.8 Å². The van der Waals surface area contributed by atoms with Gasteiger partial charge in [-0.3, -0.25) is 13.9 Å². The van der Waals surface area contributed by atoms with E-state index in [1.165, 1.54) is 48.4 Å². The molecule has 3 aromatic carbocycles. The number of hydrogen-bond donors (Lipinski definition) is 1. The minimum Gasteiger partial charge on any atom is -0.497 e. The summed E-state index contributed by atoms with van der Waals surface area (Å²) < 4.78 is 47.4. The molecule has 0 unspecified atom stereocenters. The van der Waals surface area contributed by atoms with Gasteiger partial charge in [-0.2, -0.15) is 0 Å². The van der Waals surface area contributed by atoms with Crippen molar-refractivity contribution in [3.63, 3.8) is 0 Å². The van der Waals surface area contributed by atoms with E-state index in [-0.39, 0.29) is 23.0 Å². The Morgan fingerprint density at radius 2 is 1.60 bits per heavy atom. The van der Waals surface area contributed by atoms with Crippen molar-refractivity contribution in [3.05, 3.63) is 89.7 Å². The number of carbonyl (C=O) groups is 2. The molecule has 0 saturated heterocycles. The number of methoxy groups -OCH3 is 1. The molecule has 1 atom stereocenters. The number of hydrogen-bond acceptors (Lipinski definition) is 5. The molecule has 0 aliphatic heterocycles. The van der Waals surface area contributed by atoms with E-state index in [0.29, 0.717) is 12.3 Å². The molecule has 8 nitrogen and oxygen atoms in total. The van der Waals surface area contributed by atoms with E-state index in [1.807, 2.05) is 38.1 Å². The van der Waals surface area contributed by atoms with E-state index in [0.717, 1.165) is 40.4 Å². The van der Waals surface area contributed by atoms with E-state index >= 15 is 0 Å². The van der Waals surface area contributed by atoms with Crippen molar-refractivity contribution in [2.45, 2.75) is 51.1 Å². The number of nitrogens with one attached hydrogen (secondary N) is 1. The highest BCUT2D eigenvalue weighted by Crippen LogP contribution is 2.26. The minimum absolute atomic E-state index is 0.0686. The van der Waals surface area contributed by atoms with Crippen LogP contribution in [0.5, 0.6) is 5.75 Å². The Balaban J connectivity index is 1.99. The zero-order valence-electron chi connectivity index (χ0n) is 23.3. The lowest BCUT2D eigenvalue weighted by atomic mass is 10.1. The fourth-order valence-electron chi connectivity index (χ4n) is 4.02. The number of unbranched alkanes of at least 4 members (excludes halogenated alkanes) is 1. The van der Waals surface area contributed by atoms with Crippen LogP contribution in [0, 0.1) is 12.7 Å². The Morgan fingerprint density at radius 1 is 0.975 bits per heavy atom. The summed E-state index contributed by atoms with van der Waals surface area (Å²) >= 11 is 0. The Morgan fingerprint density at radius 3 is 2.17 bits per heavy atom. The molecule has 40 heavy (non-hydrogen) atoms. The lowest BCUT2D eigenvalue weighted by molar-refractivity contribution is -0.139. The topological polar surface area (TPSA) is 96.0 Å². The Labute approximate surface area is 235 Å². The maximum Gasteiger partial charge on any atom is 0.264 e. The minimum atomic E-state index is -4.26. The largest absolute Gasteiger partial charge is 0.497 e. The second-order valence-electron chi connectivity index (χ2n) is 9.49. The summed E-state index contributed by atoms with van der Waals surface area (Å²) in [4.78, 5) is 28.2. The molecule has 0 radical (unpaired) electrons. The van der Waals surface area contributed by atoms with Crippen molar-refractivity contribution < 1.29 is 27.1 Å². The summed E-state index contributed by atoms with van der Waals surface area (Å²) in [5.74, 6) is -0.994. The lowest BCUT2D eigenvalue weighted by Gasteiger charge is -2.32. The van der Waals surface area contributed by atoms with Crippen molar-refractivity contribution in [1.82, 2.24) is 10.2 Å². The third-order valence-corrected chi connectivity index (χ3v) is 8.30. The van der Waals surface area contributed by atoms with Gasteiger partial charge in [0.15, 0.2) is 0 Å². The second kappa shape index (κ2) is 13.9. The molecule has 2 amide bonds. The zero-order valence-corrected chi connectivity index (χ0v) is 24.1. The van der Waals surface area contributed by atoms with Crippen LogP contribution >= 0.6 is 0 Å². The zero-order chi connectivity index (χ0) is 29.3. The molecule has 0 saturated carbocycles. The molecule has 0 aliphatic carbocycles. The molecular formula is C30H36FN3O5S. The van der Waals surface area contributed by atoms with Crippen molar-refractivity contribution in [2.24, 2.45) is 0 Å². The van der Waals surface area contributed by atoms with Gasteiger partial charge in [0, 0.05) is 13.1 Å². The van der Waals surface area contributed by atoms with E-state index in [2.05, 4.69) is 5.32 Å². The predicted octanol–water partition coefficient (Wildman–Crippen LogP) is 4.67. The number of sulfonamides is 1. The smallest absolute Gasteiger partial charge is 0.264 e. The fraction of sp³-hybridized carbons (Fsp3) is 0.333. The number of halogens is 1. The summed E-state index contributed by atoms with van der Waals surface area (Å²) in [6.07, 6.45) is 1.69. The fourth-order valence-corrected chi connectivity index (χ4v) is 5.43. The summed E-state index contributed by atoms with van der Waals surface area (Å²) in [5, 5.41) is 2.85. The van der Waals surface area contributed by atoms with Gasteiger partial charge in [-0.05, 0) is 74.4 Å². The second-order valence-corrected chi connectivity index (χ2v) is 11.4. The van der Waals surface area contributed by atoms with Gasteiger partial charge in [0.2, 0.25) is 11.8 Å². The molecule has 0 heterocycles. The predicted molar refractivity (Wildman–Crippen MR) is 153 cm³/mol. The SMILES string of the molecule is CCCCNC(=O)[C@H](C)N(Cc1ccc(C)cc1)C(=O)CN(c1ccc(F)cc1)S(=O)(=O)c1ccc(OC)cc1. The Kier molecular flexibility index (Phi) is 10.7. The van der Waals surface area contributed by atoms with E-state index in [9.17, 15) is 22.4 Å². The summed E-state index contributed by atoms with van der Waals surface area (Å²) in [5.41, 5.74) is 1.94. The number of benzene rings is 3. The van der Waals surface area contributed by atoms with Crippen LogP contribution in [-0.4, -0.2) is 51.4 Å². The van der Waals surface area contributed by atoms with Crippen molar-refractivity contribution in [1.29, 1.82) is 0 Å². The molecule has 1 N–H and O–H groups in total. The van der Waals surface area contributed by atoms with Crippen molar-refractivity contribution in [2.75, 3.05) is 24.5 Å². The third-order valence-electron chi connectivity index (χ3n) is 6.51. The maximum atomic E-state index is 13.9. The van der Waals surface area contributed by atoms with Gasteiger partial charge in [0.1, 0.15) is 24.2 Å². The first-order valence-electron chi connectivity index (χ1n) is 13.1. The van der Waals surface area contributed by atoms with Crippen LogP contribution in [-0.2, 0) is 26.2 Å². The average molecular weight is 570 g/mol. The molecule has 0 bridgehead atoms. The molecule has 0 fully saturated rings. The number of aryl methyl sites for hydroxylation is 1. The van der Waals surface area contributed by atoms with Crippen molar-refractivity contribution >= 4 is 27.5 Å². The highest BCUT2D eigenvalue weighted by molar-refractivity contribution is 7.92. The molecule has 3 rings (SSSR count). The summed E-state index contributed by atoms with van der Waals surface area (Å²) in [6, 6.07) is 17.3. The molecule has 10 heteroatoms. The van der Waals surface area contributed by atoms with Crippen LogP contribution in [0.4, 0.5) is 10.1 Å². The number of rotatable bonds is 13. The quantitative estimate of drug-likeness (QED) is 0.302. The van der Waals surface area contributed by atoms with Gasteiger partial charge in [0.05, 0.1) is 17.7 Å². The summed E-state index contributed by atoms with van der Waals surface area (Å²) in [6.45, 7) is 5.55. The molecular weight excluding hydrogens is 533 g/mol. The van der Waals surface area contributed by atoms with Crippen molar-refractivity contribution in [3.8, 4) is 5.75 Å². The molecule has 0 aromatic heterocycles. The van der Waals surface area contributed by atoms with Gasteiger partial charge in [-0.15, -0.1) is 0 Å². The third kappa shape index (κ3) is 7.81. The average Bonchev–Trinajstić information content (AvgIpc) is 2.95. The number of anilines is 1. The van der Waals surface area contributed by atoms with Crippen LogP contribution in [0.3, 0.4) is 0 Å². The van der Waals surface area contributed by atoms with Crippen LogP contribution in [0.25, 0.3) is 0 Å². The molecule has 0 aliphatic rings. The monoisotopic (exact) mass is 569 g/mol. The highest BCUT2D eigenvalue weighted by Gasteiger charge is 2.32. The van der Waals surface area contributed by atoms with E-state index in [1.54, 1.807) is 6.92 Å². The van der Waals surface area contributed by atoms with Crippen LogP contribution < -0.4 is 14.4 Å². The van der Waals surface area contributed by atoms with Crippen LogP contribution in [0.15, 0.2) is 77.7 Å². The van der Waals surface area contributed by atoms with Gasteiger partial charge in [-0.1, -0.05) is 43.2 Å². The standard InChI is InChI=1S/C30H36FN3O5S/c1-5-6-19-32-30(36)23(3)33(20-24-9-7-22(2)8-10-24)29(35)21-34(26-13-11-25(31)12-14-26)40(37,38)28-17-15-27(39-4)16-18-28/h7-18,23H,5-6,19-21H2,1-4H3,(H,32,36)/t23-/m0/s1. The maximum absolute atomic E-state index is 13.9. The Bertz CT molecular complexity index is 1380. The Hall–Kier alpha value is -3.92. The number of ether oxygens (including phenoxy) is 1. The lowest BCUT2D eigenvalue weighted by Crippen LogP contribution is -2.51.